The molecule has 1 aliphatic rings. The lowest BCUT2D eigenvalue weighted by Crippen LogP contribution is -2.53. The van der Waals surface area contributed by atoms with Crippen LogP contribution in [0.1, 0.15) is 31.4 Å². The molecule has 0 amide bonds. The summed E-state index contributed by atoms with van der Waals surface area (Å²) in [5.74, 6) is 0.465. The van der Waals surface area contributed by atoms with Crippen LogP contribution in [0.2, 0.25) is 0 Å². The number of hydrogen-bond donors (Lipinski definition) is 3. The van der Waals surface area contributed by atoms with Gasteiger partial charge in [0.05, 0.1) is 13.2 Å². The van der Waals surface area contributed by atoms with Gasteiger partial charge in [0.1, 0.15) is 0 Å². The summed E-state index contributed by atoms with van der Waals surface area (Å²) >= 11 is 0. The molecule has 2 rings (SSSR count). The van der Waals surface area contributed by atoms with Gasteiger partial charge in [0, 0.05) is 38.4 Å². The Kier molecular flexibility index (Phi) is 7.49. The largest absolute Gasteiger partial charge is 0.383 e. The van der Waals surface area contributed by atoms with Crippen LogP contribution in [0.3, 0.4) is 0 Å². The Hall–Kier alpha value is -1.63. The molecule has 1 aliphatic heterocycles. The summed E-state index contributed by atoms with van der Waals surface area (Å²) in [4.78, 5) is 4.55. The van der Waals surface area contributed by atoms with E-state index in [1.54, 1.807) is 7.11 Å². The minimum Gasteiger partial charge on any atom is -0.383 e. The molecule has 0 saturated carbocycles. The number of nitrogens with two attached hydrogens (primary N) is 1. The molecular weight excluding hydrogens is 304 g/mol. The summed E-state index contributed by atoms with van der Waals surface area (Å²) in [6, 6.07) is 10.7. The van der Waals surface area contributed by atoms with Crippen LogP contribution in [0.25, 0.3) is 0 Å². The van der Waals surface area contributed by atoms with Crippen LogP contribution in [0.15, 0.2) is 35.3 Å². The maximum absolute atomic E-state index is 5.96. The Bertz CT molecular complexity index is 501. The van der Waals surface area contributed by atoms with E-state index in [9.17, 15) is 0 Å². The van der Waals surface area contributed by atoms with Gasteiger partial charge in [-0.15, -0.1) is 0 Å². The predicted octanol–water partition coefficient (Wildman–Crippen LogP) is 1.44. The Morgan fingerprint density at radius 1 is 1.33 bits per heavy atom. The average Bonchev–Trinajstić information content (AvgIpc) is 2.62. The standard InChI is InChI=1S/C18H30N4O2/c1-15(16-6-4-3-5-7-16)22-18(8-11-24-12-9-18)14-21-17(19)20-10-13-23-2/h3-7,15,22H,8-14H2,1-2H3,(H3,19,20,21). The summed E-state index contributed by atoms with van der Waals surface area (Å²) < 4.78 is 10.6. The van der Waals surface area contributed by atoms with Gasteiger partial charge in [-0.3, -0.25) is 4.99 Å². The number of nitrogens with one attached hydrogen (secondary N) is 2. The number of nitrogens with zero attached hydrogens (tertiary/aromatic N) is 1. The number of guanidine groups is 1. The lowest BCUT2D eigenvalue weighted by molar-refractivity contribution is 0.0374. The van der Waals surface area contributed by atoms with Gasteiger partial charge in [-0.1, -0.05) is 30.3 Å². The molecule has 0 aromatic heterocycles. The maximum Gasteiger partial charge on any atom is 0.188 e. The third kappa shape index (κ3) is 5.78. The zero-order chi connectivity index (χ0) is 17.3. The molecule has 1 heterocycles. The van der Waals surface area contributed by atoms with Gasteiger partial charge in [0.2, 0.25) is 0 Å². The minimum atomic E-state index is -0.0823. The molecular formula is C18H30N4O2. The zero-order valence-electron chi connectivity index (χ0n) is 14.8. The highest BCUT2D eigenvalue weighted by Gasteiger charge is 2.33. The first-order valence-corrected chi connectivity index (χ1v) is 8.58. The second-order valence-corrected chi connectivity index (χ2v) is 6.29. The third-order valence-corrected chi connectivity index (χ3v) is 4.44. The van der Waals surface area contributed by atoms with E-state index in [-0.39, 0.29) is 11.6 Å². The van der Waals surface area contributed by atoms with Crippen molar-refractivity contribution in [3.05, 3.63) is 35.9 Å². The van der Waals surface area contributed by atoms with Gasteiger partial charge in [0.25, 0.3) is 0 Å². The molecule has 4 N–H and O–H groups in total. The highest BCUT2D eigenvalue weighted by atomic mass is 16.5. The van der Waals surface area contributed by atoms with E-state index in [0.717, 1.165) is 26.1 Å². The van der Waals surface area contributed by atoms with Crippen molar-refractivity contribution in [3.8, 4) is 0 Å². The van der Waals surface area contributed by atoms with Crippen LogP contribution in [0, 0.1) is 0 Å². The lowest BCUT2D eigenvalue weighted by Gasteiger charge is -2.39. The van der Waals surface area contributed by atoms with E-state index in [1.807, 2.05) is 6.07 Å². The topological polar surface area (TPSA) is 80.9 Å². The molecule has 0 aliphatic carbocycles. The maximum atomic E-state index is 5.96. The number of ether oxygens (including phenoxy) is 2. The van der Waals surface area contributed by atoms with Crippen molar-refractivity contribution < 1.29 is 9.47 Å². The van der Waals surface area contributed by atoms with Gasteiger partial charge >= 0.3 is 0 Å². The fourth-order valence-corrected chi connectivity index (χ4v) is 2.97. The number of benzene rings is 1. The molecule has 24 heavy (non-hydrogen) atoms. The highest BCUT2D eigenvalue weighted by molar-refractivity contribution is 5.77. The molecule has 6 heteroatoms. The van der Waals surface area contributed by atoms with E-state index in [4.69, 9.17) is 15.2 Å². The predicted molar refractivity (Wildman–Crippen MR) is 97.1 cm³/mol. The van der Waals surface area contributed by atoms with Crippen molar-refractivity contribution in [2.24, 2.45) is 10.7 Å². The quantitative estimate of drug-likeness (QED) is 0.381. The normalized spacial score (nSPS) is 19.0. The Morgan fingerprint density at radius 2 is 2.04 bits per heavy atom. The van der Waals surface area contributed by atoms with Crippen molar-refractivity contribution >= 4 is 5.96 Å². The molecule has 0 radical (unpaired) electrons. The molecule has 6 nitrogen and oxygen atoms in total. The van der Waals surface area contributed by atoms with Crippen LogP contribution in [-0.2, 0) is 9.47 Å². The molecule has 134 valence electrons. The van der Waals surface area contributed by atoms with Crippen LogP contribution >= 0.6 is 0 Å². The van der Waals surface area contributed by atoms with Gasteiger partial charge < -0.3 is 25.8 Å². The SMILES string of the molecule is COCCNC(N)=NCC1(NC(C)c2ccccc2)CCOCC1. The van der Waals surface area contributed by atoms with Crippen LogP contribution in [-0.4, -0.2) is 51.5 Å². The van der Waals surface area contributed by atoms with Crippen molar-refractivity contribution in [1.29, 1.82) is 0 Å². The average molecular weight is 334 g/mol. The Labute approximate surface area is 144 Å². The van der Waals surface area contributed by atoms with Crippen LogP contribution in [0.5, 0.6) is 0 Å². The lowest BCUT2D eigenvalue weighted by atomic mass is 9.88. The van der Waals surface area contributed by atoms with Crippen LogP contribution in [0.4, 0.5) is 0 Å². The van der Waals surface area contributed by atoms with Crippen molar-refractivity contribution in [3.63, 3.8) is 0 Å². The first-order valence-electron chi connectivity index (χ1n) is 8.58. The van der Waals surface area contributed by atoms with Gasteiger partial charge in [0.15, 0.2) is 5.96 Å². The molecule has 1 aromatic carbocycles. The molecule has 1 saturated heterocycles. The molecule has 0 spiro atoms. The van der Waals surface area contributed by atoms with E-state index in [2.05, 4.69) is 46.8 Å². The monoisotopic (exact) mass is 334 g/mol. The number of hydrogen-bond acceptors (Lipinski definition) is 4. The summed E-state index contributed by atoms with van der Waals surface area (Å²) in [6.45, 7) is 5.60. The summed E-state index contributed by atoms with van der Waals surface area (Å²) in [6.07, 6.45) is 1.86. The van der Waals surface area contributed by atoms with E-state index in [1.165, 1.54) is 5.56 Å². The summed E-state index contributed by atoms with van der Waals surface area (Å²) in [7, 11) is 1.67. The Morgan fingerprint density at radius 3 is 2.71 bits per heavy atom. The van der Waals surface area contributed by atoms with Crippen LogP contribution < -0.4 is 16.4 Å². The van der Waals surface area contributed by atoms with E-state index < -0.39 is 0 Å². The van der Waals surface area contributed by atoms with Crippen molar-refractivity contribution in [2.75, 3.05) is 40.0 Å². The zero-order valence-corrected chi connectivity index (χ0v) is 14.8. The van der Waals surface area contributed by atoms with Crippen molar-refractivity contribution in [1.82, 2.24) is 10.6 Å². The smallest absolute Gasteiger partial charge is 0.188 e. The highest BCUT2D eigenvalue weighted by Crippen LogP contribution is 2.25. The fourth-order valence-electron chi connectivity index (χ4n) is 2.97. The first-order chi connectivity index (χ1) is 11.7. The van der Waals surface area contributed by atoms with Crippen molar-refractivity contribution in [2.45, 2.75) is 31.3 Å². The second kappa shape index (κ2) is 9.61. The summed E-state index contributed by atoms with van der Waals surface area (Å²) in [5.41, 5.74) is 7.15. The molecule has 1 atom stereocenters. The third-order valence-electron chi connectivity index (χ3n) is 4.44. The number of aliphatic imine (C=N–C) groups is 1. The van der Waals surface area contributed by atoms with Gasteiger partial charge in [-0.25, -0.2) is 0 Å². The van der Waals surface area contributed by atoms with Gasteiger partial charge in [-0.2, -0.15) is 0 Å². The second-order valence-electron chi connectivity index (χ2n) is 6.29. The Balaban J connectivity index is 1.99. The minimum absolute atomic E-state index is 0.0823. The molecule has 1 fully saturated rings. The van der Waals surface area contributed by atoms with E-state index >= 15 is 0 Å². The molecule has 0 bridgehead atoms. The van der Waals surface area contributed by atoms with E-state index in [0.29, 0.717) is 25.7 Å². The molecule has 1 unspecified atom stereocenters. The first kappa shape index (κ1) is 18.7. The van der Waals surface area contributed by atoms with Gasteiger partial charge in [-0.05, 0) is 25.3 Å². The number of rotatable bonds is 8. The summed E-state index contributed by atoms with van der Waals surface area (Å²) in [5, 5.41) is 6.85. The molecule has 1 aromatic rings. The number of methoxy groups -OCH3 is 1. The fraction of sp³-hybridized carbons (Fsp3) is 0.611.